The van der Waals surface area contributed by atoms with Crippen LogP contribution in [0.3, 0.4) is 0 Å². The van der Waals surface area contributed by atoms with E-state index < -0.39 is 0 Å². The molecule has 0 saturated heterocycles. The van der Waals surface area contributed by atoms with Gasteiger partial charge in [-0.15, -0.1) is 0 Å². The fourth-order valence-electron chi connectivity index (χ4n) is 1.78. The molecule has 0 fully saturated rings. The number of rotatable bonds is 6. The normalized spacial score (nSPS) is 12.5. The van der Waals surface area contributed by atoms with Gasteiger partial charge >= 0.3 is 0 Å². The number of nitrogens with two attached hydrogens (primary N) is 1. The van der Waals surface area contributed by atoms with Crippen molar-refractivity contribution in [3.05, 3.63) is 5.56 Å². The van der Waals surface area contributed by atoms with Crippen molar-refractivity contribution in [1.29, 1.82) is 0 Å². The highest BCUT2D eigenvalue weighted by atomic mass is 32.1. The zero-order valence-electron chi connectivity index (χ0n) is 12.4. The topological polar surface area (TPSA) is 71.2 Å². The van der Waals surface area contributed by atoms with Gasteiger partial charge in [-0.05, 0) is 31.3 Å². The smallest absolute Gasteiger partial charge is 0.258 e. The van der Waals surface area contributed by atoms with Crippen LogP contribution in [0.5, 0.6) is 0 Å². The third kappa shape index (κ3) is 4.09. The summed E-state index contributed by atoms with van der Waals surface area (Å²) < 4.78 is 4.12. The van der Waals surface area contributed by atoms with E-state index in [2.05, 4.69) is 28.4 Å². The van der Waals surface area contributed by atoms with Crippen LogP contribution in [0.15, 0.2) is 0 Å². The van der Waals surface area contributed by atoms with E-state index in [4.69, 9.17) is 5.73 Å². The van der Waals surface area contributed by atoms with Crippen LogP contribution in [0.2, 0.25) is 0 Å². The second-order valence-electron chi connectivity index (χ2n) is 5.27. The Labute approximate surface area is 119 Å². The van der Waals surface area contributed by atoms with Gasteiger partial charge in [0.15, 0.2) is 5.82 Å². The predicted octanol–water partition coefficient (Wildman–Crippen LogP) is 2.35. The average Bonchev–Trinajstić information content (AvgIpc) is 2.70. The molecular formula is C13H24N4OS. The van der Waals surface area contributed by atoms with Gasteiger partial charge in [-0.3, -0.25) is 4.79 Å². The zero-order valence-corrected chi connectivity index (χ0v) is 13.2. The van der Waals surface area contributed by atoms with E-state index in [0.717, 1.165) is 18.0 Å². The van der Waals surface area contributed by atoms with Gasteiger partial charge in [0.25, 0.3) is 5.91 Å². The Bertz CT molecular complexity index is 430. The van der Waals surface area contributed by atoms with E-state index >= 15 is 0 Å². The molecule has 1 amide bonds. The summed E-state index contributed by atoms with van der Waals surface area (Å²) in [6, 6.07) is 0.0829. The molecule has 1 aromatic heterocycles. The molecule has 0 bridgehead atoms. The van der Waals surface area contributed by atoms with Crippen LogP contribution in [-0.2, 0) is 0 Å². The van der Waals surface area contributed by atoms with Crippen LogP contribution < -0.4 is 16.0 Å². The minimum absolute atomic E-state index is 0.0829. The summed E-state index contributed by atoms with van der Waals surface area (Å²) >= 11 is 1.28. The monoisotopic (exact) mass is 284 g/mol. The van der Waals surface area contributed by atoms with Crippen LogP contribution in [0.4, 0.5) is 10.8 Å². The third-order valence-corrected chi connectivity index (χ3v) is 3.95. The van der Waals surface area contributed by atoms with Gasteiger partial charge in [-0.1, -0.05) is 20.3 Å². The molecule has 19 heavy (non-hydrogen) atoms. The lowest BCUT2D eigenvalue weighted by Gasteiger charge is -2.22. The number of carbonyl (C=O) groups is 1. The standard InChI is InChI=1S/C13H24N4OS/c1-6-9(4)7-17(5)13-10(11(14)16-19-13)12(18)15-8(2)3/h8-9H,6-7H2,1-5H3,(H2,14,16)(H,15,18). The summed E-state index contributed by atoms with van der Waals surface area (Å²) in [5.74, 6) is 0.732. The van der Waals surface area contributed by atoms with Gasteiger partial charge in [0.2, 0.25) is 0 Å². The first-order valence-corrected chi connectivity index (χ1v) is 7.41. The maximum atomic E-state index is 12.2. The van der Waals surface area contributed by atoms with Gasteiger partial charge < -0.3 is 16.0 Å². The van der Waals surface area contributed by atoms with Crippen molar-refractivity contribution in [1.82, 2.24) is 9.69 Å². The summed E-state index contributed by atoms with van der Waals surface area (Å²) in [6.45, 7) is 9.09. The van der Waals surface area contributed by atoms with E-state index in [1.807, 2.05) is 20.9 Å². The number of anilines is 2. The van der Waals surface area contributed by atoms with E-state index in [-0.39, 0.29) is 11.9 Å². The number of nitrogens with one attached hydrogen (secondary N) is 1. The van der Waals surface area contributed by atoms with Crippen LogP contribution in [0.1, 0.15) is 44.5 Å². The van der Waals surface area contributed by atoms with Crippen molar-refractivity contribution < 1.29 is 4.79 Å². The second kappa shape index (κ2) is 6.75. The van der Waals surface area contributed by atoms with E-state index in [0.29, 0.717) is 17.3 Å². The minimum atomic E-state index is -0.146. The lowest BCUT2D eigenvalue weighted by Crippen LogP contribution is -2.32. The van der Waals surface area contributed by atoms with Gasteiger partial charge in [0.05, 0.1) is 0 Å². The van der Waals surface area contributed by atoms with Crippen molar-refractivity contribution in [2.24, 2.45) is 5.92 Å². The second-order valence-corrected chi connectivity index (χ2v) is 6.02. The summed E-state index contributed by atoms with van der Waals surface area (Å²) in [4.78, 5) is 14.2. The molecular weight excluding hydrogens is 260 g/mol. The lowest BCUT2D eigenvalue weighted by molar-refractivity contribution is 0.0944. The summed E-state index contributed by atoms with van der Waals surface area (Å²) in [7, 11) is 1.98. The predicted molar refractivity (Wildman–Crippen MR) is 81.9 cm³/mol. The van der Waals surface area contributed by atoms with E-state index in [9.17, 15) is 4.79 Å². The Hall–Kier alpha value is -1.30. The van der Waals surface area contributed by atoms with Crippen LogP contribution in [0, 0.1) is 5.92 Å². The first kappa shape index (κ1) is 15.8. The molecule has 1 aromatic rings. The molecule has 3 N–H and O–H groups in total. The molecule has 1 heterocycles. The Morgan fingerprint density at radius 2 is 2.11 bits per heavy atom. The molecule has 0 aliphatic carbocycles. The van der Waals surface area contributed by atoms with Crippen molar-refractivity contribution in [3.8, 4) is 0 Å². The SMILES string of the molecule is CCC(C)CN(C)c1snc(N)c1C(=O)NC(C)C. The summed E-state index contributed by atoms with van der Waals surface area (Å²) in [6.07, 6.45) is 1.10. The summed E-state index contributed by atoms with van der Waals surface area (Å²) in [5.41, 5.74) is 6.34. The van der Waals surface area contributed by atoms with Crippen molar-refractivity contribution in [2.75, 3.05) is 24.2 Å². The number of amides is 1. The van der Waals surface area contributed by atoms with Gasteiger partial charge in [0, 0.05) is 19.6 Å². The largest absolute Gasteiger partial charge is 0.382 e. The number of aromatic nitrogens is 1. The molecule has 108 valence electrons. The molecule has 0 aromatic carbocycles. The molecule has 0 saturated carbocycles. The highest BCUT2D eigenvalue weighted by molar-refractivity contribution is 7.11. The quantitative estimate of drug-likeness (QED) is 0.841. The zero-order chi connectivity index (χ0) is 14.6. The molecule has 0 spiro atoms. The van der Waals surface area contributed by atoms with Crippen molar-refractivity contribution >= 4 is 28.3 Å². The molecule has 0 radical (unpaired) electrons. The van der Waals surface area contributed by atoms with Crippen LogP contribution >= 0.6 is 11.5 Å². The molecule has 1 unspecified atom stereocenters. The average molecular weight is 284 g/mol. The third-order valence-electron chi connectivity index (χ3n) is 2.98. The highest BCUT2D eigenvalue weighted by Gasteiger charge is 2.22. The van der Waals surface area contributed by atoms with Crippen molar-refractivity contribution in [2.45, 2.75) is 40.2 Å². The molecule has 1 atom stereocenters. The molecule has 6 heteroatoms. The number of hydrogen-bond acceptors (Lipinski definition) is 5. The number of carbonyl (C=O) groups excluding carboxylic acids is 1. The van der Waals surface area contributed by atoms with E-state index in [1.165, 1.54) is 11.5 Å². The molecule has 1 rings (SSSR count). The Balaban J connectivity index is 2.93. The first-order valence-electron chi connectivity index (χ1n) is 6.63. The maximum absolute atomic E-state index is 12.2. The fourth-order valence-corrected chi connectivity index (χ4v) is 2.56. The van der Waals surface area contributed by atoms with Crippen LogP contribution in [-0.4, -0.2) is 29.9 Å². The van der Waals surface area contributed by atoms with Crippen LogP contribution in [0.25, 0.3) is 0 Å². The first-order chi connectivity index (χ1) is 8.86. The maximum Gasteiger partial charge on any atom is 0.258 e. The van der Waals surface area contributed by atoms with Gasteiger partial charge in [-0.2, -0.15) is 4.37 Å². The molecule has 0 aliphatic rings. The fraction of sp³-hybridized carbons (Fsp3) is 0.692. The Morgan fingerprint density at radius 1 is 1.47 bits per heavy atom. The van der Waals surface area contributed by atoms with Gasteiger partial charge in [0.1, 0.15) is 10.6 Å². The number of nitrogen functional groups attached to an aromatic ring is 1. The van der Waals surface area contributed by atoms with Crippen molar-refractivity contribution in [3.63, 3.8) is 0 Å². The number of nitrogens with zero attached hydrogens (tertiary/aromatic N) is 2. The summed E-state index contributed by atoms with van der Waals surface area (Å²) in [5, 5.41) is 3.71. The molecule has 0 aliphatic heterocycles. The van der Waals surface area contributed by atoms with E-state index in [1.54, 1.807) is 0 Å². The van der Waals surface area contributed by atoms with Gasteiger partial charge in [-0.25, -0.2) is 0 Å². The minimum Gasteiger partial charge on any atom is -0.382 e. The highest BCUT2D eigenvalue weighted by Crippen LogP contribution is 2.30. The lowest BCUT2D eigenvalue weighted by atomic mass is 10.1. The Kier molecular flexibility index (Phi) is 5.60. The Morgan fingerprint density at radius 3 is 2.63 bits per heavy atom. The molecule has 5 nitrogen and oxygen atoms in total. The number of hydrogen-bond donors (Lipinski definition) is 2.